The van der Waals surface area contributed by atoms with Crippen molar-refractivity contribution in [1.29, 1.82) is 0 Å². The van der Waals surface area contributed by atoms with Gasteiger partial charge in [0.25, 0.3) is 0 Å². The molecule has 0 saturated carbocycles. The van der Waals surface area contributed by atoms with Crippen LogP contribution in [0, 0.1) is 0 Å². The van der Waals surface area contributed by atoms with E-state index in [9.17, 15) is 13.2 Å². The number of hydrogen-bond acceptors (Lipinski definition) is 5. The maximum absolute atomic E-state index is 12.7. The number of likely N-dealkylation sites (N-methyl/N-ethyl adjacent to an activating group) is 1. The van der Waals surface area contributed by atoms with Crippen molar-refractivity contribution in [3.05, 3.63) is 53.6 Å². The quantitative estimate of drug-likeness (QED) is 0.699. The van der Waals surface area contributed by atoms with Crippen LogP contribution in [0.25, 0.3) is 0 Å². The fraction of sp³-hybridized carbons (Fsp3) is 0.480. The van der Waals surface area contributed by atoms with Gasteiger partial charge in [0.1, 0.15) is 0 Å². The van der Waals surface area contributed by atoms with Crippen molar-refractivity contribution in [3.63, 3.8) is 0 Å². The monoisotopic (exact) mass is 471 g/mol. The first kappa shape index (κ1) is 23.7. The maximum atomic E-state index is 12.7. The van der Waals surface area contributed by atoms with Crippen LogP contribution < -0.4 is 10.2 Å². The molecule has 1 amide bonds. The number of nitrogens with one attached hydrogen (secondary N) is 1. The Hall–Kier alpha value is -2.42. The highest BCUT2D eigenvalue weighted by molar-refractivity contribution is 7.89. The maximum Gasteiger partial charge on any atom is 0.243 e. The minimum Gasteiger partial charge on any atom is -0.379 e. The van der Waals surface area contributed by atoms with Crippen molar-refractivity contribution >= 4 is 27.3 Å². The first-order valence-corrected chi connectivity index (χ1v) is 12.9. The van der Waals surface area contributed by atoms with Gasteiger partial charge in [-0.15, -0.1) is 0 Å². The molecule has 0 radical (unpaired) electrons. The molecule has 1 saturated heterocycles. The van der Waals surface area contributed by atoms with Crippen LogP contribution in [0.15, 0.2) is 47.4 Å². The van der Waals surface area contributed by atoms with Gasteiger partial charge >= 0.3 is 0 Å². The van der Waals surface area contributed by atoms with E-state index in [1.165, 1.54) is 9.87 Å². The Balaban J connectivity index is 1.35. The molecule has 4 rings (SSSR count). The molecule has 0 spiro atoms. The van der Waals surface area contributed by atoms with Crippen LogP contribution in [0.2, 0.25) is 0 Å². The van der Waals surface area contributed by atoms with Gasteiger partial charge in [-0.3, -0.25) is 4.79 Å². The summed E-state index contributed by atoms with van der Waals surface area (Å²) >= 11 is 0. The molecular weight excluding hydrogens is 438 g/mol. The Kier molecular flexibility index (Phi) is 6.53. The molecule has 33 heavy (non-hydrogen) atoms. The molecule has 2 heterocycles. The first-order valence-electron chi connectivity index (χ1n) is 11.4. The molecule has 2 aliphatic rings. The number of amides is 1. The zero-order chi connectivity index (χ0) is 23.8. The Labute approximate surface area is 196 Å². The summed E-state index contributed by atoms with van der Waals surface area (Å²) in [5.41, 5.74) is 4.23. The summed E-state index contributed by atoms with van der Waals surface area (Å²) in [5, 5.41) is 3.00. The Morgan fingerprint density at radius 1 is 1.12 bits per heavy atom. The molecule has 2 aromatic rings. The second-order valence-corrected chi connectivity index (χ2v) is 11.4. The number of morpholine rings is 1. The summed E-state index contributed by atoms with van der Waals surface area (Å²) in [6.07, 6.45) is 0.864. The molecule has 1 atom stereocenters. The van der Waals surface area contributed by atoms with E-state index in [-0.39, 0.29) is 16.2 Å². The predicted molar refractivity (Wildman–Crippen MR) is 130 cm³/mol. The minimum absolute atomic E-state index is 0.0621. The number of aryl methyl sites for hydroxylation is 1. The average molecular weight is 472 g/mol. The average Bonchev–Trinajstić information content (AvgIpc) is 2.98. The van der Waals surface area contributed by atoms with Gasteiger partial charge in [-0.05, 0) is 48.7 Å². The molecule has 0 aromatic heterocycles. The fourth-order valence-electron chi connectivity index (χ4n) is 4.61. The van der Waals surface area contributed by atoms with E-state index < -0.39 is 10.0 Å². The minimum atomic E-state index is -3.50. The Bertz CT molecular complexity index is 1120. The molecule has 0 unspecified atom stereocenters. The number of rotatable bonds is 6. The summed E-state index contributed by atoms with van der Waals surface area (Å²) in [7, 11) is -1.41. The number of carbonyl (C=O) groups excluding carboxylic acids is 1. The van der Waals surface area contributed by atoms with Crippen LogP contribution in [0.3, 0.4) is 0 Å². The number of ether oxygens (including phenoxy) is 1. The highest BCUT2D eigenvalue weighted by Crippen LogP contribution is 2.45. The number of benzene rings is 2. The normalized spacial score (nSPS) is 20.5. The van der Waals surface area contributed by atoms with Gasteiger partial charge in [0.2, 0.25) is 15.9 Å². The molecule has 1 fully saturated rings. The molecule has 2 aromatic carbocycles. The molecule has 2 aliphatic heterocycles. The third-order valence-corrected chi connectivity index (χ3v) is 9.07. The lowest BCUT2D eigenvalue weighted by Gasteiger charge is -2.28. The van der Waals surface area contributed by atoms with E-state index in [2.05, 4.69) is 44.1 Å². The van der Waals surface area contributed by atoms with Crippen molar-refractivity contribution in [2.24, 2.45) is 0 Å². The number of hydrogen-bond donors (Lipinski definition) is 1. The third-order valence-electron chi connectivity index (χ3n) is 7.15. The van der Waals surface area contributed by atoms with Gasteiger partial charge in [-0.25, -0.2) is 8.42 Å². The van der Waals surface area contributed by atoms with Crippen LogP contribution in [0.1, 0.15) is 38.3 Å². The lowest BCUT2D eigenvalue weighted by atomic mass is 9.81. The predicted octanol–water partition coefficient (Wildman–Crippen LogP) is 3.39. The van der Waals surface area contributed by atoms with Gasteiger partial charge < -0.3 is 15.0 Å². The zero-order valence-corrected chi connectivity index (χ0v) is 20.6. The number of carbonyl (C=O) groups is 1. The van der Waals surface area contributed by atoms with Crippen molar-refractivity contribution in [3.8, 4) is 0 Å². The SMILES string of the molecule is C[C@H]1N(C)c2cc(NC(=O)CCc3ccc(S(=O)(=O)N4CCOCC4)cc3)ccc2C1(C)C. The summed E-state index contributed by atoms with van der Waals surface area (Å²) in [6, 6.07) is 13.3. The van der Waals surface area contributed by atoms with Crippen LogP contribution in [0.4, 0.5) is 11.4 Å². The van der Waals surface area contributed by atoms with Gasteiger partial charge in [0.05, 0.1) is 18.1 Å². The largest absolute Gasteiger partial charge is 0.379 e. The summed E-state index contributed by atoms with van der Waals surface area (Å²) in [6.45, 7) is 8.30. The topological polar surface area (TPSA) is 79.0 Å². The van der Waals surface area contributed by atoms with Gasteiger partial charge in [-0.1, -0.05) is 32.0 Å². The summed E-state index contributed by atoms with van der Waals surface area (Å²) in [5.74, 6) is -0.0621. The first-order chi connectivity index (χ1) is 15.6. The molecule has 0 aliphatic carbocycles. The molecule has 0 bridgehead atoms. The Morgan fingerprint density at radius 2 is 1.79 bits per heavy atom. The molecule has 178 valence electrons. The van der Waals surface area contributed by atoms with Crippen LogP contribution in [-0.4, -0.2) is 58.0 Å². The van der Waals surface area contributed by atoms with E-state index in [0.717, 1.165) is 16.9 Å². The van der Waals surface area contributed by atoms with Crippen LogP contribution in [-0.2, 0) is 31.4 Å². The highest BCUT2D eigenvalue weighted by atomic mass is 32.2. The highest BCUT2D eigenvalue weighted by Gasteiger charge is 2.40. The number of nitrogens with zero attached hydrogens (tertiary/aromatic N) is 2. The van der Waals surface area contributed by atoms with Crippen molar-refractivity contribution in [1.82, 2.24) is 4.31 Å². The zero-order valence-electron chi connectivity index (χ0n) is 19.8. The molecule has 1 N–H and O–H groups in total. The summed E-state index contributed by atoms with van der Waals surface area (Å²) < 4.78 is 32.2. The molecule has 8 heteroatoms. The number of sulfonamides is 1. The van der Waals surface area contributed by atoms with E-state index in [4.69, 9.17) is 4.74 Å². The summed E-state index contributed by atoms with van der Waals surface area (Å²) in [4.78, 5) is 15.1. The van der Waals surface area contributed by atoms with Gasteiger partial charge in [-0.2, -0.15) is 4.31 Å². The van der Waals surface area contributed by atoms with Crippen molar-refractivity contribution in [2.75, 3.05) is 43.6 Å². The van der Waals surface area contributed by atoms with E-state index in [1.807, 2.05) is 12.1 Å². The van der Waals surface area contributed by atoms with Gasteiger partial charge in [0, 0.05) is 49.4 Å². The smallest absolute Gasteiger partial charge is 0.243 e. The fourth-order valence-corrected chi connectivity index (χ4v) is 6.02. The van der Waals surface area contributed by atoms with Crippen molar-refractivity contribution < 1.29 is 17.9 Å². The second kappa shape index (κ2) is 9.08. The number of anilines is 2. The lowest BCUT2D eigenvalue weighted by Crippen LogP contribution is -2.40. The standard InChI is InChI=1S/C25H33N3O4S/c1-18-25(2,3)22-11-8-20(17-23(22)27(18)4)26-24(29)12-7-19-5-9-21(10-6-19)33(30,31)28-13-15-32-16-14-28/h5-6,8-11,17-18H,7,12-16H2,1-4H3,(H,26,29)/t18-/m1/s1. The Morgan fingerprint density at radius 3 is 2.45 bits per heavy atom. The van der Waals surface area contributed by atoms with E-state index >= 15 is 0 Å². The number of fused-ring (bicyclic) bond motifs is 1. The van der Waals surface area contributed by atoms with E-state index in [0.29, 0.717) is 45.2 Å². The van der Waals surface area contributed by atoms with Crippen LogP contribution in [0.5, 0.6) is 0 Å². The van der Waals surface area contributed by atoms with Gasteiger partial charge in [0.15, 0.2) is 0 Å². The van der Waals surface area contributed by atoms with E-state index in [1.54, 1.807) is 24.3 Å². The van der Waals surface area contributed by atoms with Crippen LogP contribution >= 0.6 is 0 Å². The van der Waals surface area contributed by atoms with Crippen molar-refractivity contribution in [2.45, 2.75) is 50.0 Å². The molecule has 7 nitrogen and oxygen atoms in total. The molecular formula is C25H33N3O4S. The second-order valence-electron chi connectivity index (χ2n) is 9.45. The third kappa shape index (κ3) is 4.65. The lowest BCUT2D eigenvalue weighted by molar-refractivity contribution is -0.116.